The number of nitrogens with two attached hydrogens (primary N) is 1. The first kappa shape index (κ1) is 11.7. The van der Waals surface area contributed by atoms with Gasteiger partial charge >= 0.3 is 0 Å². The highest BCUT2D eigenvalue weighted by molar-refractivity contribution is 5.85. The summed E-state index contributed by atoms with van der Waals surface area (Å²) >= 11 is 0. The van der Waals surface area contributed by atoms with E-state index in [2.05, 4.69) is 9.78 Å². The number of hydrogen-bond donors (Lipinski definition) is 1. The van der Waals surface area contributed by atoms with E-state index in [-0.39, 0.29) is 24.8 Å². The van der Waals surface area contributed by atoms with E-state index in [9.17, 15) is 0 Å². The molecule has 0 aromatic carbocycles. The first-order chi connectivity index (χ1) is 5.84. The van der Waals surface area contributed by atoms with Gasteiger partial charge in [-0.15, -0.1) is 24.8 Å². The third kappa shape index (κ3) is 1.98. The lowest BCUT2D eigenvalue weighted by Crippen LogP contribution is -1.94. The van der Waals surface area contributed by atoms with Gasteiger partial charge in [0.25, 0.3) is 0 Å². The van der Waals surface area contributed by atoms with Crippen molar-refractivity contribution in [2.75, 3.05) is 5.73 Å². The highest BCUT2D eigenvalue weighted by Gasteiger charge is 2.31. The standard InChI is InChI=1S/C9H13N3.2ClH/c10-8-5-12(7-3-4-7)11-9(8)6-1-2-6;;/h5-7H,1-4,10H2;2*1H. The van der Waals surface area contributed by atoms with E-state index in [1.807, 2.05) is 6.20 Å². The molecular weight excluding hydrogens is 221 g/mol. The molecule has 2 aliphatic carbocycles. The van der Waals surface area contributed by atoms with Crippen molar-refractivity contribution in [2.45, 2.75) is 37.6 Å². The Morgan fingerprint density at radius 1 is 1.21 bits per heavy atom. The van der Waals surface area contributed by atoms with Crippen LogP contribution in [0.2, 0.25) is 0 Å². The van der Waals surface area contributed by atoms with Crippen LogP contribution in [0.15, 0.2) is 6.20 Å². The second-order valence-corrected chi connectivity index (χ2v) is 3.96. The van der Waals surface area contributed by atoms with Crippen LogP contribution >= 0.6 is 24.8 Å². The lowest BCUT2D eigenvalue weighted by molar-refractivity contribution is 0.630. The second kappa shape index (κ2) is 3.99. The van der Waals surface area contributed by atoms with E-state index in [1.54, 1.807) is 0 Å². The molecule has 3 nitrogen and oxygen atoms in total. The fourth-order valence-electron chi connectivity index (χ4n) is 1.62. The normalized spacial score (nSPS) is 19.7. The van der Waals surface area contributed by atoms with Crippen LogP contribution in [0, 0.1) is 0 Å². The summed E-state index contributed by atoms with van der Waals surface area (Å²) in [6.45, 7) is 0. The molecule has 1 heterocycles. The Balaban J connectivity index is 0.000000490. The van der Waals surface area contributed by atoms with Crippen molar-refractivity contribution in [1.29, 1.82) is 0 Å². The molecule has 14 heavy (non-hydrogen) atoms. The maximum Gasteiger partial charge on any atom is 0.0884 e. The van der Waals surface area contributed by atoms with Gasteiger partial charge in [-0.2, -0.15) is 5.10 Å². The summed E-state index contributed by atoms with van der Waals surface area (Å²) in [6, 6.07) is 0.666. The Morgan fingerprint density at radius 2 is 1.86 bits per heavy atom. The van der Waals surface area contributed by atoms with Gasteiger partial charge in [-0.05, 0) is 25.7 Å². The molecule has 2 saturated carbocycles. The van der Waals surface area contributed by atoms with Crippen molar-refractivity contribution in [2.24, 2.45) is 0 Å². The van der Waals surface area contributed by atoms with Crippen molar-refractivity contribution < 1.29 is 0 Å². The fraction of sp³-hybridized carbons (Fsp3) is 0.667. The van der Waals surface area contributed by atoms with Crippen LogP contribution < -0.4 is 5.73 Å². The van der Waals surface area contributed by atoms with Gasteiger partial charge in [0.1, 0.15) is 0 Å². The van der Waals surface area contributed by atoms with Crippen molar-refractivity contribution in [3.8, 4) is 0 Å². The number of hydrogen-bond acceptors (Lipinski definition) is 2. The Bertz CT molecular complexity index is 316. The Morgan fingerprint density at radius 3 is 2.36 bits per heavy atom. The van der Waals surface area contributed by atoms with E-state index in [0.717, 1.165) is 11.4 Å². The van der Waals surface area contributed by atoms with Crippen LogP contribution in [0.25, 0.3) is 0 Å². The molecule has 3 rings (SSSR count). The molecule has 2 fully saturated rings. The molecule has 0 radical (unpaired) electrons. The van der Waals surface area contributed by atoms with Crippen molar-refractivity contribution >= 4 is 30.5 Å². The topological polar surface area (TPSA) is 43.8 Å². The zero-order valence-corrected chi connectivity index (χ0v) is 9.48. The molecule has 0 aliphatic heterocycles. The predicted octanol–water partition coefficient (Wildman–Crippen LogP) is 2.52. The van der Waals surface area contributed by atoms with E-state index >= 15 is 0 Å². The predicted molar refractivity (Wildman–Crippen MR) is 61.4 cm³/mol. The molecule has 2 aliphatic rings. The number of nitrogen functional groups attached to an aromatic ring is 1. The first-order valence-corrected chi connectivity index (χ1v) is 4.69. The maximum absolute atomic E-state index is 5.86. The molecule has 0 unspecified atom stereocenters. The van der Waals surface area contributed by atoms with Crippen LogP contribution in [0.5, 0.6) is 0 Å². The molecule has 80 valence electrons. The largest absolute Gasteiger partial charge is 0.396 e. The van der Waals surface area contributed by atoms with E-state index in [0.29, 0.717) is 12.0 Å². The molecule has 5 heteroatoms. The van der Waals surface area contributed by atoms with Crippen molar-refractivity contribution in [1.82, 2.24) is 9.78 Å². The van der Waals surface area contributed by atoms with Gasteiger partial charge in [0, 0.05) is 12.1 Å². The van der Waals surface area contributed by atoms with Gasteiger partial charge in [0.15, 0.2) is 0 Å². The summed E-state index contributed by atoms with van der Waals surface area (Å²) in [6.07, 6.45) is 7.14. The number of nitrogens with zero attached hydrogens (tertiary/aromatic N) is 2. The average molecular weight is 236 g/mol. The van der Waals surface area contributed by atoms with Crippen LogP contribution in [-0.4, -0.2) is 9.78 Å². The lowest BCUT2D eigenvalue weighted by atomic mass is 10.3. The third-order valence-electron chi connectivity index (χ3n) is 2.68. The minimum absolute atomic E-state index is 0. The van der Waals surface area contributed by atoms with Gasteiger partial charge in [0.2, 0.25) is 0 Å². The molecule has 0 bridgehead atoms. The van der Waals surface area contributed by atoms with Gasteiger partial charge in [-0.3, -0.25) is 4.68 Å². The summed E-state index contributed by atoms with van der Waals surface area (Å²) in [7, 11) is 0. The second-order valence-electron chi connectivity index (χ2n) is 3.96. The monoisotopic (exact) mass is 235 g/mol. The Labute approximate surface area is 95.9 Å². The molecule has 2 N–H and O–H groups in total. The number of aromatic nitrogens is 2. The van der Waals surface area contributed by atoms with Crippen LogP contribution in [-0.2, 0) is 0 Å². The minimum Gasteiger partial charge on any atom is -0.396 e. The lowest BCUT2D eigenvalue weighted by Gasteiger charge is -1.93. The van der Waals surface area contributed by atoms with Crippen molar-refractivity contribution in [3.05, 3.63) is 11.9 Å². The zero-order chi connectivity index (χ0) is 8.13. The van der Waals surface area contributed by atoms with Gasteiger partial charge in [0.05, 0.1) is 17.4 Å². The third-order valence-corrected chi connectivity index (χ3v) is 2.68. The first-order valence-electron chi connectivity index (χ1n) is 4.69. The minimum atomic E-state index is 0. The number of halogens is 2. The summed E-state index contributed by atoms with van der Waals surface area (Å²) in [5.74, 6) is 0.685. The summed E-state index contributed by atoms with van der Waals surface area (Å²) in [4.78, 5) is 0. The van der Waals surface area contributed by atoms with Crippen molar-refractivity contribution in [3.63, 3.8) is 0 Å². The fourth-order valence-corrected chi connectivity index (χ4v) is 1.62. The smallest absolute Gasteiger partial charge is 0.0884 e. The SMILES string of the molecule is Cl.Cl.Nc1cn(C2CC2)nc1C1CC1. The molecule has 1 aromatic heterocycles. The van der Waals surface area contributed by atoms with E-state index in [4.69, 9.17) is 5.73 Å². The van der Waals surface area contributed by atoms with Crippen LogP contribution in [0.3, 0.4) is 0 Å². The maximum atomic E-state index is 5.86. The molecule has 0 amide bonds. The molecule has 0 saturated heterocycles. The molecule has 1 aromatic rings. The summed E-state index contributed by atoms with van der Waals surface area (Å²) in [5, 5.41) is 4.53. The average Bonchev–Trinajstić information content (AvgIpc) is 2.93. The zero-order valence-electron chi connectivity index (χ0n) is 7.85. The van der Waals surface area contributed by atoms with Gasteiger partial charge in [-0.1, -0.05) is 0 Å². The summed E-state index contributed by atoms with van der Waals surface area (Å²) < 4.78 is 2.06. The van der Waals surface area contributed by atoms with Gasteiger partial charge in [-0.25, -0.2) is 0 Å². The van der Waals surface area contributed by atoms with Crippen LogP contribution in [0.4, 0.5) is 5.69 Å². The van der Waals surface area contributed by atoms with E-state index in [1.165, 1.54) is 25.7 Å². The molecule has 0 spiro atoms. The highest BCUT2D eigenvalue weighted by atomic mass is 35.5. The Kier molecular flexibility index (Phi) is 3.32. The number of rotatable bonds is 2. The quantitative estimate of drug-likeness (QED) is 0.857. The van der Waals surface area contributed by atoms with E-state index < -0.39 is 0 Å². The van der Waals surface area contributed by atoms with Crippen LogP contribution in [0.1, 0.15) is 43.3 Å². The molecular formula is C9H15Cl2N3. The molecule has 0 atom stereocenters. The summed E-state index contributed by atoms with van der Waals surface area (Å²) in [5.41, 5.74) is 7.93. The van der Waals surface area contributed by atoms with Gasteiger partial charge < -0.3 is 5.73 Å². The highest BCUT2D eigenvalue weighted by Crippen LogP contribution is 2.43. The Hall–Kier alpha value is -0.410. The number of anilines is 1.